The number of amides is 1. The lowest BCUT2D eigenvalue weighted by atomic mass is 10.2. The number of aromatic nitrogens is 2. The summed E-state index contributed by atoms with van der Waals surface area (Å²) in [6.07, 6.45) is 0. The molecule has 0 aliphatic carbocycles. The van der Waals surface area contributed by atoms with Crippen molar-refractivity contribution >= 4 is 5.91 Å². The Hall–Kier alpha value is -3.10. The molecule has 2 heterocycles. The molecule has 0 unspecified atom stereocenters. The third-order valence-corrected chi connectivity index (χ3v) is 4.99. The summed E-state index contributed by atoms with van der Waals surface area (Å²) >= 11 is 0. The Labute approximate surface area is 174 Å². The summed E-state index contributed by atoms with van der Waals surface area (Å²) in [6.45, 7) is 3.78. The SMILES string of the molecule is O=C(COCc1ccccc1)N1CCN(Cc2noc(-c3ccc(F)cc3)n2)CC1. The summed E-state index contributed by atoms with van der Waals surface area (Å²) in [5, 5.41) is 4.01. The van der Waals surface area contributed by atoms with Crippen LogP contribution in [-0.2, 0) is 22.7 Å². The molecule has 1 amide bonds. The van der Waals surface area contributed by atoms with Crippen molar-refractivity contribution in [3.05, 3.63) is 71.8 Å². The zero-order chi connectivity index (χ0) is 20.8. The Balaban J connectivity index is 1.21. The maximum atomic E-state index is 13.0. The average Bonchev–Trinajstić information content (AvgIpc) is 3.24. The van der Waals surface area contributed by atoms with Crippen molar-refractivity contribution in [3.63, 3.8) is 0 Å². The minimum Gasteiger partial charge on any atom is -0.367 e. The van der Waals surface area contributed by atoms with Crippen LogP contribution in [0.25, 0.3) is 11.5 Å². The Morgan fingerprint density at radius 1 is 1.03 bits per heavy atom. The molecule has 0 atom stereocenters. The lowest BCUT2D eigenvalue weighted by Crippen LogP contribution is -2.49. The number of ether oxygens (including phenoxy) is 1. The van der Waals surface area contributed by atoms with Gasteiger partial charge in [-0.15, -0.1) is 0 Å². The molecule has 1 saturated heterocycles. The van der Waals surface area contributed by atoms with Crippen molar-refractivity contribution in [2.24, 2.45) is 0 Å². The monoisotopic (exact) mass is 410 g/mol. The molecule has 2 aromatic carbocycles. The van der Waals surface area contributed by atoms with Crippen molar-refractivity contribution < 1.29 is 18.4 Å². The minimum atomic E-state index is -0.309. The van der Waals surface area contributed by atoms with E-state index in [0.717, 1.165) is 18.7 Å². The lowest BCUT2D eigenvalue weighted by molar-refractivity contribution is -0.138. The molecule has 0 radical (unpaired) electrons. The fourth-order valence-electron chi connectivity index (χ4n) is 3.31. The van der Waals surface area contributed by atoms with Gasteiger partial charge in [0.15, 0.2) is 5.82 Å². The summed E-state index contributed by atoms with van der Waals surface area (Å²) in [6, 6.07) is 15.7. The molecular formula is C22H23FN4O3. The van der Waals surface area contributed by atoms with Crippen molar-refractivity contribution in [2.45, 2.75) is 13.2 Å². The normalized spacial score (nSPS) is 14.8. The first-order chi connectivity index (χ1) is 14.7. The van der Waals surface area contributed by atoms with E-state index in [9.17, 15) is 9.18 Å². The van der Waals surface area contributed by atoms with Gasteiger partial charge in [-0.25, -0.2) is 4.39 Å². The highest BCUT2D eigenvalue weighted by Gasteiger charge is 2.22. The van der Waals surface area contributed by atoms with Crippen LogP contribution in [0.15, 0.2) is 59.1 Å². The van der Waals surface area contributed by atoms with E-state index in [0.29, 0.717) is 43.5 Å². The van der Waals surface area contributed by atoms with Crippen molar-refractivity contribution in [1.29, 1.82) is 0 Å². The summed E-state index contributed by atoms with van der Waals surface area (Å²) in [5.41, 5.74) is 1.73. The second kappa shape index (κ2) is 9.60. The zero-order valence-corrected chi connectivity index (χ0v) is 16.5. The van der Waals surface area contributed by atoms with Crippen LogP contribution in [0.5, 0.6) is 0 Å². The van der Waals surface area contributed by atoms with Gasteiger partial charge in [0.05, 0.1) is 13.2 Å². The van der Waals surface area contributed by atoms with Crippen LogP contribution in [-0.4, -0.2) is 58.6 Å². The molecule has 7 nitrogen and oxygen atoms in total. The van der Waals surface area contributed by atoms with Crippen LogP contribution in [0.4, 0.5) is 4.39 Å². The van der Waals surface area contributed by atoms with Crippen LogP contribution in [0.2, 0.25) is 0 Å². The van der Waals surface area contributed by atoms with E-state index in [1.54, 1.807) is 12.1 Å². The molecule has 1 fully saturated rings. The van der Waals surface area contributed by atoms with Gasteiger partial charge >= 0.3 is 0 Å². The second-order valence-corrected chi connectivity index (χ2v) is 7.16. The Morgan fingerprint density at radius 3 is 2.50 bits per heavy atom. The number of nitrogens with zero attached hydrogens (tertiary/aromatic N) is 4. The summed E-state index contributed by atoms with van der Waals surface area (Å²) in [7, 11) is 0. The van der Waals surface area contributed by atoms with Gasteiger partial charge in [-0.3, -0.25) is 9.69 Å². The van der Waals surface area contributed by atoms with Gasteiger partial charge in [-0.05, 0) is 29.8 Å². The Kier molecular flexibility index (Phi) is 6.46. The van der Waals surface area contributed by atoms with E-state index in [1.807, 2.05) is 35.2 Å². The van der Waals surface area contributed by atoms with Crippen molar-refractivity contribution in [3.8, 4) is 11.5 Å². The van der Waals surface area contributed by atoms with Crippen LogP contribution < -0.4 is 0 Å². The Bertz CT molecular complexity index is 954. The summed E-state index contributed by atoms with van der Waals surface area (Å²) in [4.78, 5) is 20.7. The number of halogens is 1. The predicted molar refractivity (Wildman–Crippen MR) is 108 cm³/mol. The molecule has 3 aromatic rings. The van der Waals surface area contributed by atoms with Gasteiger partial charge in [0.1, 0.15) is 12.4 Å². The minimum absolute atomic E-state index is 0.00346. The predicted octanol–water partition coefficient (Wildman–Crippen LogP) is 2.74. The van der Waals surface area contributed by atoms with Gasteiger partial charge in [-0.2, -0.15) is 4.98 Å². The Morgan fingerprint density at radius 2 is 1.77 bits per heavy atom. The summed E-state index contributed by atoms with van der Waals surface area (Å²) in [5.74, 6) is 0.634. The van der Waals surface area contributed by atoms with Crippen LogP contribution in [0, 0.1) is 5.82 Å². The topological polar surface area (TPSA) is 71.7 Å². The number of benzene rings is 2. The maximum absolute atomic E-state index is 13.0. The van der Waals surface area contributed by atoms with Crippen LogP contribution in [0.3, 0.4) is 0 Å². The molecule has 1 aromatic heterocycles. The molecule has 4 rings (SSSR count). The van der Waals surface area contributed by atoms with Gasteiger partial charge < -0.3 is 14.2 Å². The van der Waals surface area contributed by atoms with Crippen molar-refractivity contribution in [1.82, 2.24) is 19.9 Å². The number of rotatable bonds is 7. The zero-order valence-electron chi connectivity index (χ0n) is 16.5. The highest BCUT2D eigenvalue weighted by atomic mass is 19.1. The molecule has 1 aliphatic heterocycles. The third kappa shape index (κ3) is 5.28. The molecule has 1 aliphatic rings. The average molecular weight is 410 g/mol. The van der Waals surface area contributed by atoms with Gasteiger partial charge in [0.2, 0.25) is 5.91 Å². The largest absolute Gasteiger partial charge is 0.367 e. The first kappa shape index (κ1) is 20.2. The van der Waals surface area contributed by atoms with Gasteiger partial charge in [0, 0.05) is 31.7 Å². The lowest BCUT2D eigenvalue weighted by Gasteiger charge is -2.34. The number of piperazine rings is 1. The molecule has 8 heteroatoms. The molecule has 0 saturated carbocycles. The summed E-state index contributed by atoms with van der Waals surface area (Å²) < 4.78 is 23.9. The molecule has 156 valence electrons. The molecule has 0 spiro atoms. The van der Waals surface area contributed by atoms with E-state index in [1.165, 1.54) is 12.1 Å². The first-order valence-electron chi connectivity index (χ1n) is 9.88. The standard InChI is InChI=1S/C22H23FN4O3/c23-19-8-6-18(7-9-19)22-24-20(25-30-22)14-26-10-12-27(13-11-26)21(28)16-29-15-17-4-2-1-3-5-17/h1-9H,10-16H2. The second-order valence-electron chi connectivity index (χ2n) is 7.16. The van der Waals surface area contributed by atoms with E-state index in [4.69, 9.17) is 9.26 Å². The highest BCUT2D eigenvalue weighted by molar-refractivity contribution is 5.77. The fourth-order valence-corrected chi connectivity index (χ4v) is 3.31. The maximum Gasteiger partial charge on any atom is 0.257 e. The third-order valence-electron chi connectivity index (χ3n) is 4.99. The number of carbonyl (C=O) groups excluding carboxylic acids is 1. The molecule has 0 N–H and O–H groups in total. The van der Waals surface area contributed by atoms with Gasteiger partial charge in [0.25, 0.3) is 5.89 Å². The van der Waals surface area contributed by atoms with E-state index < -0.39 is 0 Å². The fraction of sp³-hybridized carbons (Fsp3) is 0.318. The molecule has 30 heavy (non-hydrogen) atoms. The van der Waals surface area contributed by atoms with Gasteiger partial charge in [-0.1, -0.05) is 35.5 Å². The number of hydrogen-bond donors (Lipinski definition) is 0. The van der Waals surface area contributed by atoms with E-state index in [-0.39, 0.29) is 18.3 Å². The molecule has 0 bridgehead atoms. The van der Waals surface area contributed by atoms with Crippen molar-refractivity contribution in [2.75, 3.05) is 32.8 Å². The van der Waals surface area contributed by atoms with E-state index >= 15 is 0 Å². The van der Waals surface area contributed by atoms with Crippen LogP contribution >= 0.6 is 0 Å². The highest BCUT2D eigenvalue weighted by Crippen LogP contribution is 2.18. The first-order valence-corrected chi connectivity index (χ1v) is 9.88. The molecular weight excluding hydrogens is 387 g/mol. The number of hydrogen-bond acceptors (Lipinski definition) is 6. The smallest absolute Gasteiger partial charge is 0.257 e. The van der Waals surface area contributed by atoms with E-state index in [2.05, 4.69) is 15.0 Å². The quantitative estimate of drug-likeness (QED) is 0.597. The van der Waals surface area contributed by atoms with Crippen LogP contribution in [0.1, 0.15) is 11.4 Å². The number of carbonyl (C=O) groups is 1.